The van der Waals surface area contributed by atoms with Gasteiger partial charge in [0.15, 0.2) is 5.37 Å². The van der Waals surface area contributed by atoms with Gasteiger partial charge in [-0.2, -0.15) is 0 Å². The van der Waals surface area contributed by atoms with Crippen LogP contribution in [0.5, 0.6) is 0 Å². The van der Waals surface area contributed by atoms with Gasteiger partial charge in [-0.1, -0.05) is 24.3 Å². The first kappa shape index (κ1) is 17.2. The molecule has 0 spiro atoms. The van der Waals surface area contributed by atoms with Crippen molar-refractivity contribution in [2.75, 3.05) is 9.80 Å². The minimum atomic E-state index is -0.896. The van der Waals surface area contributed by atoms with Gasteiger partial charge >= 0.3 is 0 Å². The van der Waals surface area contributed by atoms with Crippen LogP contribution < -0.4 is 9.80 Å². The Balaban J connectivity index is 1.98. The van der Waals surface area contributed by atoms with Gasteiger partial charge in [0.05, 0.1) is 5.69 Å². The Bertz CT molecular complexity index is 865. The molecular formula is C19H18N2O3S. The molecule has 1 fully saturated rings. The molecule has 1 aliphatic rings. The summed E-state index contributed by atoms with van der Waals surface area (Å²) in [4.78, 5) is 40.1. The highest BCUT2D eigenvalue weighted by molar-refractivity contribution is 8.16. The van der Waals surface area contributed by atoms with Crippen LogP contribution in [-0.2, 0) is 9.59 Å². The Labute approximate surface area is 150 Å². The van der Waals surface area contributed by atoms with Gasteiger partial charge in [-0.05, 0) is 61.0 Å². The molecule has 2 aromatic rings. The summed E-state index contributed by atoms with van der Waals surface area (Å²) in [6, 6.07) is 14.5. The van der Waals surface area contributed by atoms with E-state index in [-0.39, 0.29) is 11.1 Å². The Morgan fingerprint density at radius 1 is 1.04 bits per heavy atom. The van der Waals surface area contributed by atoms with E-state index in [9.17, 15) is 14.4 Å². The van der Waals surface area contributed by atoms with Crippen molar-refractivity contribution in [2.24, 2.45) is 0 Å². The van der Waals surface area contributed by atoms with Crippen LogP contribution in [0.3, 0.4) is 0 Å². The Morgan fingerprint density at radius 2 is 1.68 bits per heavy atom. The average Bonchev–Trinajstić information content (AvgIpc) is 2.82. The number of thioether (sulfide) groups is 1. The molecule has 3 amide bonds. The number of benzene rings is 2. The van der Waals surface area contributed by atoms with E-state index >= 15 is 0 Å². The average molecular weight is 354 g/mol. The zero-order chi connectivity index (χ0) is 18.1. The number of anilines is 2. The van der Waals surface area contributed by atoms with Gasteiger partial charge in [0, 0.05) is 12.6 Å². The maximum atomic E-state index is 12.9. The van der Waals surface area contributed by atoms with Crippen LogP contribution in [0.15, 0.2) is 48.5 Å². The fourth-order valence-electron chi connectivity index (χ4n) is 2.82. The molecule has 128 valence electrons. The number of hydrogen-bond acceptors (Lipinski definition) is 4. The molecule has 3 rings (SSSR count). The zero-order valence-electron chi connectivity index (χ0n) is 14.2. The molecule has 0 N–H and O–H groups in total. The van der Waals surface area contributed by atoms with E-state index in [1.165, 1.54) is 11.8 Å². The van der Waals surface area contributed by atoms with Gasteiger partial charge < -0.3 is 0 Å². The molecule has 0 unspecified atom stereocenters. The van der Waals surface area contributed by atoms with Crippen molar-refractivity contribution in [2.45, 2.75) is 26.1 Å². The third kappa shape index (κ3) is 3.30. The molecule has 1 aliphatic heterocycles. The fraction of sp³-hybridized carbons (Fsp3) is 0.211. The van der Waals surface area contributed by atoms with Crippen LogP contribution in [0.4, 0.5) is 16.2 Å². The lowest BCUT2D eigenvalue weighted by atomic mass is 10.2. The molecule has 0 saturated carbocycles. The normalized spacial score (nSPS) is 17.1. The quantitative estimate of drug-likeness (QED) is 0.839. The van der Waals surface area contributed by atoms with E-state index < -0.39 is 11.3 Å². The molecule has 0 radical (unpaired) electrons. The van der Waals surface area contributed by atoms with Gasteiger partial charge in [-0.3, -0.25) is 19.3 Å². The molecule has 1 atom stereocenters. The van der Waals surface area contributed by atoms with Crippen molar-refractivity contribution < 1.29 is 14.4 Å². The van der Waals surface area contributed by atoms with Crippen molar-refractivity contribution in [3.63, 3.8) is 0 Å². The first-order valence-electron chi connectivity index (χ1n) is 7.86. The second-order valence-electron chi connectivity index (χ2n) is 5.98. The number of aryl methyl sites for hydroxylation is 2. The van der Waals surface area contributed by atoms with Crippen LogP contribution in [-0.4, -0.2) is 22.4 Å². The van der Waals surface area contributed by atoms with E-state index in [0.29, 0.717) is 11.4 Å². The fourth-order valence-corrected chi connectivity index (χ4v) is 3.90. The van der Waals surface area contributed by atoms with Crippen molar-refractivity contribution in [1.29, 1.82) is 0 Å². The molecule has 1 saturated heterocycles. The van der Waals surface area contributed by atoms with Crippen molar-refractivity contribution in [3.8, 4) is 0 Å². The molecule has 25 heavy (non-hydrogen) atoms. The summed E-state index contributed by atoms with van der Waals surface area (Å²) >= 11 is 0.862. The van der Waals surface area contributed by atoms with Crippen molar-refractivity contribution >= 4 is 40.2 Å². The number of carbonyl (C=O) groups excluding carboxylic acids is 3. The number of amides is 3. The smallest absolute Gasteiger partial charge is 0.290 e. The van der Waals surface area contributed by atoms with Gasteiger partial charge in [-0.25, -0.2) is 4.90 Å². The predicted molar refractivity (Wildman–Crippen MR) is 99.8 cm³/mol. The Morgan fingerprint density at radius 3 is 2.28 bits per heavy atom. The lowest BCUT2D eigenvalue weighted by Gasteiger charge is -2.26. The third-order valence-corrected chi connectivity index (χ3v) is 4.96. The van der Waals surface area contributed by atoms with E-state index in [0.717, 1.165) is 27.8 Å². The lowest BCUT2D eigenvalue weighted by molar-refractivity contribution is -0.121. The summed E-state index contributed by atoms with van der Waals surface area (Å²) in [5, 5.41) is -1.27. The zero-order valence-corrected chi connectivity index (χ0v) is 15.0. The highest BCUT2D eigenvalue weighted by Crippen LogP contribution is 2.36. The maximum absolute atomic E-state index is 12.9. The number of imide groups is 1. The highest BCUT2D eigenvalue weighted by Gasteiger charge is 2.45. The molecule has 0 bridgehead atoms. The minimum Gasteiger partial charge on any atom is -0.290 e. The minimum absolute atomic E-state index is 0.282. The summed E-state index contributed by atoms with van der Waals surface area (Å²) in [7, 11) is 0. The maximum Gasteiger partial charge on any atom is 0.295 e. The molecule has 6 heteroatoms. The van der Waals surface area contributed by atoms with Gasteiger partial charge in [-0.15, -0.1) is 0 Å². The number of rotatable bonds is 3. The van der Waals surface area contributed by atoms with Crippen LogP contribution in [0, 0.1) is 13.8 Å². The number of carbonyl (C=O) groups is 3. The van der Waals surface area contributed by atoms with Crippen LogP contribution >= 0.6 is 11.8 Å². The number of hydrogen-bond donors (Lipinski definition) is 0. The lowest BCUT2D eigenvalue weighted by Crippen LogP contribution is -2.44. The van der Waals surface area contributed by atoms with E-state index in [4.69, 9.17) is 0 Å². The van der Waals surface area contributed by atoms with Crippen molar-refractivity contribution in [3.05, 3.63) is 59.7 Å². The number of nitrogens with zero attached hydrogens (tertiary/aromatic N) is 2. The molecule has 0 aromatic heterocycles. The van der Waals surface area contributed by atoms with Gasteiger partial charge in [0.25, 0.3) is 11.1 Å². The van der Waals surface area contributed by atoms with Crippen LogP contribution in [0.2, 0.25) is 0 Å². The topological polar surface area (TPSA) is 57.7 Å². The molecular weight excluding hydrogens is 336 g/mol. The molecule has 1 heterocycles. The Hall–Kier alpha value is -2.60. The van der Waals surface area contributed by atoms with Gasteiger partial charge in [0.1, 0.15) is 0 Å². The Kier molecular flexibility index (Phi) is 4.63. The molecule has 5 nitrogen and oxygen atoms in total. The third-order valence-electron chi connectivity index (χ3n) is 3.94. The van der Waals surface area contributed by atoms with E-state index in [1.54, 1.807) is 24.3 Å². The first-order valence-corrected chi connectivity index (χ1v) is 8.74. The molecule has 2 aromatic carbocycles. The second kappa shape index (κ2) is 6.72. The van der Waals surface area contributed by atoms with E-state index in [2.05, 4.69) is 0 Å². The summed E-state index contributed by atoms with van der Waals surface area (Å²) in [6.45, 7) is 5.21. The van der Waals surface area contributed by atoms with Crippen LogP contribution in [0.25, 0.3) is 0 Å². The second-order valence-corrected chi connectivity index (χ2v) is 7.01. The summed E-state index contributed by atoms with van der Waals surface area (Å²) < 4.78 is 0. The SMILES string of the molecule is CC(=O)N(c1cccc(C)c1)[C@H]1SC(=O)N(c2cccc(C)c2)C1=O. The molecule has 0 aliphatic carbocycles. The summed E-state index contributed by atoms with van der Waals surface area (Å²) in [5.41, 5.74) is 3.06. The largest absolute Gasteiger partial charge is 0.295 e. The summed E-state index contributed by atoms with van der Waals surface area (Å²) in [5.74, 6) is -0.687. The summed E-state index contributed by atoms with van der Waals surface area (Å²) in [6.07, 6.45) is 0. The standard InChI is InChI=1S/C19H18N2O3S/c1-12-6-4-8-15(10-12)20(14(3)22)18-17(23)21(19(24)25-18)16-9-5-7-13(2)11-16/h4-11,18H,1-3H3/t18-/m0/s1. The van der Waals surface area contributed by atoms with E-state index in [1.807, 2.05) is 38.1 Å². The monoisotopic (exact) mass is 354 g/mol. The van der Waals surface area contributed by atoms with Crippen molar-refractivity contribution in [1.82, 2.24) is 0 Å². The van der Waals surface area contributed by atoms with Crippen LogP contribution in [0.1, 0.15) is 18.1 Å². The first-order chi connectivity index (χ1) is 11.9. The highest BCUT2D eigenvalue weighted by atomic mass is 32.2. The predicted octanol–water partition coefficient (Wildman–Crippen LogP) is 3.88. The van der Waals surface area contributed by atoms with Gasteiger partial charge in [0.2, 0.25) is 5.91 Å².